The van der Waals surface area contributed by atoms with E-state index in [1.54, 1.807) is 17.5 Å². The molecule has 0 aliphatic carbocycles. The Labute approximate surface area is 113 Å². The van der Waals surface area contributed by atoms with Gasteiger partial charge in [0, 0.05) is 12.7 Å². The zero-order valence-corrected chi connectivity index (χ0v) is 11.8. The van der Waals surface area contributed by atoms with Crippen molar-refractivity contribution < 1.29 is 5.11 Å². The number of aliphatic hydroxyl groups excluding tert-OH is 1. The number of aliphatic hydroxyl groups is 1. The largest absolute Gasteiger partial charge is 0.387 e. The van der Waals surface area contributed by atoms with Crippen LogP contribution in [0.15, 0.2) is 33.6 Å². The second-order valence-electron chi connectivity index (χ2n) is 3.74. The molecule has 0 radical (unpaired) electrons. The Bertz CT molecular complexity index is 487. The van der Waals surface area contributed by atoms with Crippen molar-refractivity contribution in [2.75, 3.05) is 11.9 Å². The molecule has 17 heavy (non-hydrogen) atoms. The summed E-state index contributed by atoms with van der Waals surface area (Å²) >= 11 is 5.06. The van der Waals surface area contributed by atoms with Crippen LogP contribution in [-0.2, 0) is 0 Å². The van der Waals surface area contributed by atoms with Gasteiger partial charge in [0.2, 0.25) is 0 Å². The van der Waals surface area contributed by atoms with E-state index in [9.17, 15) is 5.11 Å². The molecule has 0 aliphatic heterocycles. The Morgan fingerprint density at radius 1 is 1.53 bits per heavy atom. The topological polar surface area (TPSA) is 45.2 Å². The van der Waals surface area contributed by atoms with E-state index in [1.165, 1.54) is 0 Å². The van der Waals surface area contributed by atoms with E-state index in [0.29, 0.717) is 6.54 Å². The van der Waals surface area contributed by atoms with Crippen LogP contribution in [0, 0.1) is 6.92 Å². The van der Waals surface area contributed by atoms with Crippen molar-refractivity contribution in [3.8, 4) is 0 Å². The average molecular weight is 313 g/mol. The SMILES string of the molecule is Cc1ccnc(NCC(O)c2ccsc2)c1Br. The maximum absolute atomic E-state index is 9.93. The average Bonchev–Trinajstić information content (AvgIpc) is 2.84. The number of hydrogen-bond acceptors (Lipinski definition) is 4. The highest BCUT2D eigenvalue weighted by atomic mass is 79.9. The lowest BCUT2D eigenvalue weighted by molar-refractivity contribution is 0.192. The lowest BCUT2D eigenvalue weighted by Crippen LogP contribution is -2.12. The molecule has 2 rings (SSSR count). The van der Waals surface area contributed by atoms with Crippen LogP contribution >= 0.6 is 27.3 Å². The molecule has 5 heteroatoms. The first-order valence-corrected chi connectivity index (χ1v) is 6.97. The Morgan fingerprint density at radius 2 is 2.35 bits per heavy atom. The molecule has 1 unspecified atom stereocenters. The molecule has 2 aromatic rings. The molecular formula is C12H13BrN2OS. The fourth-order valence-corrected chi connectivity index (χ4v) is 2.52. The first-order chi connectivity index (χ1) is 8.18. The highest BCUT2D eigenvalue weighted by molar-refractivity contribution is 9.10. The molecule has 0 saturated carbocycles. The van der Waals surface area contributed by atoms with E-state index in [0.717, 1.165) is 21.4 Å². The minimum atomic E-state index is -0.504. The molecule has 0 fully saturated rings. The van der Waals surface area contributed by atoms with E-state index in [1.807, 2.05) is 29.8 Å². The molecule has 0 spiro atoms. The lowest BCUT2D eigenvalue weighted by Gasteiger charge is -2.12. The number of rotatable bonds is 4. The van der Waals surface area contributed by atoms with Gasteiger partial charge in [0.1, 0.15) is 5.82 Å². The van der Waals surface area contributed by atoms with Gasteiger partial charge < -0.3 is 10.4 Å². The standard InChI is InChI=1S/C12H13BrN2OS/c1-8-2-4-14-12(11(8)13)15-6-10(16)9-3-5-17-7-9/h2-5,7,10,16H,6H2,1H3,(H,14,15). The highest BCUT2D eigenvalue weighted by Crippen LogP contribution is 2.24. The van der Waals surface area contributed by atoms with Crippen LogP contribution in [0.3, 0.4) is 0 Å². The van der Waals surface area contributed by atoms with E-state index >= 15 is 0 Å². The number of nitrogens with one attached hydrogen (secondary N) is 1. The number of thiophene rings is 1. The van der Waals surface area contributed by atoms with Gasteiger partial charge in [-0.2, -0.15) is 11.3 Å². The molecule has 0 saturated heterocycles. The molecule has 0 bridgehead atoms. The lowest BCUT2D eigenvalue weighted by atomic mass is 10.2. The Morgan fingerprint density at radius 3 is 3.06 bits per heavy atom. The van der Waals surface area contributed by atoms with Crippen LogP contribution in [0.2, 0.25) is 0 Å². The summed E-state index contributed by atoms with van der Waals surface area (Å²) in [7, 11) is 0. The molecular weight excluding hydrogens is 300 g/mol. The molecule has 2 aromatic heterocycles. The number of pyridine rings is 1. The van der Waals surface area contributed by atoms with Gasteiger partial charge in [0.05, 0.1) is 10.6 Å². The van der Waals surface area contributed by atoms with Crippen molar-refractivity contribution in [2.24, 2.45) is 0 Å². The quantitative estimate of drug-likeness (QED) is 0.910. The highest BCUT2D eigenvalue weighted by Gasteiger charge is 2.09. The van der Waals surface area contributed by atoms with Gasteiger partial charge in [-0.1, -0.05) is 0 Å². The smallest absolute Gasteiger partial charge is 0.140 e. The van der Waals surface area contributed by atoms with E-state index < -0.39 is 6.10 Å². The minimum Gasteiger partial charge on any atom is -0.387 e. The van der Waals surface area contributed by atoms with Crippen molar-refractivity contribution in [1.82, 2.24) is 4.98 Å². The summed E-state index contributed by atoms with van der Waals surface area (Å²) < 4.78 is 0.942. The summed E-state index contributed by atoms with van der Waals surface area (Å²) in [4.78, 5) is 4.23. The molecule has 0 aromatic carbocycles. The third-order valence-corrected chi connectivity index (χ3v) is 4.18. The van der Waals surface area contributed by atoms with Gasteiger partial charge in [-0.15, -0.1) is 0 Å². The molecule has 1 atom stereocenters. The molecule has 90 valence electrons. The number of halogens is 1. The van der Waals surface area contributed by atoms with E-state index in [4.69, 9.17) is 0 Å². The Balaban J connectivity index is 2.00. The maximum atomic E-state index is 9.93. The summed E-state index contributed by atoms with van der Waals surface area (Å²) in [6.45, 7) is 2.46. The van der Waals surface area contributed by atoms with Gasteiger partial charge >= 0.3 is 0 Å². The summed E-state index contributed by atoms with van der Waals surface area (Å²) in [6.07, 6.45) is 1.25. The summed E-state index contributed by atoms with van der Waals surface area (Å²) in [5, 5.41) is 17.0. The second kappa shape index (κ2) is 5.62. The molecule has 3 nitrogen and oxygen atoms in total. The third-order valence-electron chi connectivity index (χ3n) is 2.47. The third kappa shape index (κ3) is 3.06. The molecule has 2 heterocycles. The summed E-state index contributed by atoms with van der Waals surface area (Å²) in [6, 6.07) is 3.86. The zero-order valence-electron chi connectivity index (χ0n) is 9.35. The van der Waals surface area contributed by atoms with Crippen molar-refractivity contribution in [3.05, 3.63) is 44.7 Å². The van der Waals surface area contributed by atoms with Crippen LogP contribution in [0.1, 0.15) is 17.2 Å². The fraction of sp³-hybridized carbons (Fsp3) is 0.250. The van der Waals surface area contributed by atoms with Crippen LogP contribution in [0.4, 0.5) is 5.82 Å². The van der Waals surface area contributed by atoms with Crippen molar-refractivity contribution in [3.63, 3.8) is 0 Å². The zero-order chi connectivity index (χ0) is 12.3. The van der Waals surface area contributed by atoms with Crippen LogP contribution < -0.4 is 5.32 Å². The molecule has 0 amide bonds. The van der Waals surface area contributed by atoms with Crippen molar-refractivity contribution >= 4 is 33.1 Å². The minimum absolute atomic E-state index is 0.450. The number of aryl methyl sites for hydroxylation is 1. The summed E-state index contributed by atoms with van der Waals surface area (Å²) in [5.41, 5.74) is 2.05. The van der Waals surface area contributed by atoms with Crippen LogP contribution in [0.5, 0.6) is 0 Å². The first kappa shape index (κ1) is 12.5. The van der Waals surface area contributed by atoms with Gasteiger partial charge in [0.15, 0.2) is 0 Å². The van der Waals surface area contributed by atoms with E-state index in [2.05, 4.69) is 26.2 Å². The predicted octanol–water partition coefficient (Wildman–Crippen LogP) is 3.36. The van der Waals surface area contributed by atoms with Gasteiger partial charge in [0.25, 0.3) is 0 Å². The second-order valence-corrected chi connectivity index (χ2v) is 5.32. The maximum Gasteiger partial charge on any atom is 0.140 e. The monoisotopic (exact) mass is 312 g/mol. The molecule has 2 N–H and O–H groups in total. The van der Waals surface area contributed by atoms with Crippen LogP contribution in [0.25, 0.3) is 0 Å². The first-order valence-electron chi connectivity index (χ1n) is 5.23. The van der Waals surface area contributed by atoms with Gasteiger partial charge in [-0.05, 0) is 56.9 Å². The Kier molecular flexibility index (Phi) is 4.15. The van der Waals surface area contributed by atoms with E-state index in [-0.39, 0.29) is 0 Å². The van der Waals surface area contributed by atoms with Crippen molar-refractivity contribution in [1.29, 1.82) is 0 Å². The normalized spacial score (nSPS) is 12.4. The molecule has 0 aliphatic rings. The van der Waals surface area contributed by atoms with Gasteiger partial charge in [-0.3, -0.25) is 0 Å². The number of aromatic nitrogens is 1. The van der Waals surface area contributed by atoms with Gasteiger partial charge in [-0.25, -0.2) is 4.98 Å². The number of hydrogen-bond donors (Lipinski definition) is 2. The number of nitrogens with zero attached hydrogens (tertiary/aromatic N) is 1. The van der Waals surface area contributed by atoms with Crippen LogP contribution in [-0.4, -0.2) is 16.6 Å². The predicted molar refractivity (Wildman–Crippen MR) is 74.4 cm³/mol. The fourth-order valence-electron chi connectivity index (χ4n) is 1.44. The van der Waals surface area contributed by atoms with Crippen molar-refractivity contribution in [2.45, 2.75) is 13.0 Å². The Hall–Kier alpha value is -0.910. The summed E-state index contributed by atoms with van der Waals surface area (Å²) in [5.74, 6) is 0.763. The number of anilines is 1.